The van der Waals surface area contributed by atoms with Gasteiger partial charge in [-0.2, -0.15) is 0 Å². The summed E-state index contributed by atoms with van der Waals surface area (Å²) in [5, 5.41) is 4.06. The van der Waals surface area contributed by atoms with Crippen molar-refractivity contribution < 1.29 is 9.59 Å². The molecule has 148 valence electrons. The first kappa shape index (κ1) is 18.9. The molecule has 2 fully saturated rings. The van der Waals surface area contributed by atoms with Crippen molar-refractivity contribution in [3.05, 3.63) is 42.1 Å². The molecule has 1 spiro atoms. The topological polar surface area (TPSA) is 65.5 Å². The fourth-order valence-corrected chi connectivity index (χ4v) is 4.56. The number of nitrogens with one attached hydrogen (secondary N) is 1. The van der Waals surface area contributed by atoms with Crippen LogP contribution in [-0.4, -0.2) is 65.9 Å². The van der Waals surface area contributed by atoms with E-state index in [4.69, 9.17) is 0 Å². The van der Waals surface area contributed by atoms with Crippen LogP contribution in [0.5, 0.6) is 0 Å². The number of para-hydroxylation sites is 1. The number of piperidine rings is 1. The van der Waals surface area contributed by atoms with E-state index in [1.165, 1.54) is 0 Å². The maximum atomic E-state index is 12.6. The third-order valence-electron chi connectivity index (χ3n) is 6.30. The van der Waals surface area contributed by atoms with E-state index in [0.717, 1.165) is 56.3 Å². The number of amides is 2. The molecule has 0 bridgehead atoms. The molecule has 1 N–H and O–H groups in total. The summed E-state index contributed by atoms with van der Waals surface area (Å²) in [5.74, 6) is 0.226. The summed E-state index contributed by atoms with van der Waals surface area (Å²) in [5.41, 5.74) is 1.35. The molecule has 1 aromatic carbocycles. The predicted octanol–water partition coefficient (Wildman–Crippen LogP) is 2.30. The Hall–Kier alpha value is -2.47. The first-order valence-electron chi connectivity index (χ1n) is 10.1. The third kappa shape index (κ3) is 3.61. The zero-order valence-corrected chi connectivity index (χ0v) is 16.6. The molecule has 6 nitrogen and oxygen atoms in total. The van der Waals surface area contributed by atoms with Crippen molar-refractivity contribution in [2.45, 2.75) is 32.2 Å². The summed E-state index contributed by atoms with van der Waals surface area (Å²) < 4.78 is 0. The second-order valence-corrected chi connectivity index (χ2v) is 8.35. The predicted molar refractivity (Wildman–Crippen MR) is 109 cm³/mol. The van der Waals surface area contributed by atoms with Crippen LogP contribution in [0.3, 0.4) is 0 Å². The number of rotatable bonds is 4. The highest BCUT2D eigenvalue weighted by atomic mass is 16.2. The molecule has 0 saturated carbocycles. The van der Waals surface area contributed by atoms with Crippen molar-refractivity contribution >= 4 is 22.7 Å². The molecule has 28 heavy (non-hydrogen) atoms. The Bertz CT molecular complexity index is 889. The number of likely N-dealkylation sites (tertiary alicyclic amines) is 2. The van der Waals surface area contributed by atoms with Crippen LogP contribution in [0.1, 0.15) is 36.5 Å². The van der Waals surface area contributed by atoms with Crippen LogP contribution in [0.4, 0.5) is 0 Å². The van der Waals surface area contributed by atoms with Gasteiger partial charge in [-0.1, -0.05) is 18.2 Å². The molecule has 2 aliphatic heterocycles. The van der Waals surface area contributed by atoms with Crippen molar-refractivity contribution in [1.29, 1.82) is 0 Å². The highest BCUT2D eigenvalue weighted by molar-refractivity contribution is 5.97. The zero-order chi connectivity index (χ0) is 19.7. The lowest BCUT2D eigenvalue weighted by atomic mass is 9.77. The third-order valence-corrected chi connectivity index (χ3v) is 6.30. The van der Waals surface area contributed by atoms with E-state index in [-0.39, 0.29) is 17.4 Å². The number of carbonyl (C=O) groups excluding carboxylic acids is 2. The average Bonchev–Trinajstić information content (AvgIpc) is 2.98. The van der Waals surface area contributed by atoms with E-state index in [1.54, 1.807) is 6.20 Å². The van der Waals surface area contributed by atoms with Crippen LogP contribution in [0.2, 0.25) is 0 Å². The molecule has 6 heteroatoms. The van der Waals surface area contributed by atoms with Crippen molar-refractivity contribution in [3.63, 3.8) is 0 Å². The summed E-state index contributed by atoms with van der Waals surface area (Å²) >= 11 is 0. The van der Waals surface area contributed by atoms with E-state index in [2.05, 4.69) is 15.2 Å². The molecule has 2 aliphatic rings. The normalized spacial score (nSPS) is 20.6. The van der Waals surface area contributed by atoms with E-state index in [1.807, 2.05) is 49.2 Å². The molecular formula is C22H28N4O2. The van der Waals surface area contributed by atoms with E-state index in [9.17, 15) is 9.59 Å². The Labute approximate surface area is 165 Å². The van der Waals surface area contributed by atoms with Gasteiger partial charge in [0.15, 0.2) is 0 Å². The second kappa shape index (κ2) is 7.51. The molecule has 2 amide bonds. The molecule has 0 unspecified atom stereocenters. The molecule has 2 aromatic rings. The standard InChI is InChI=1S/C22H28N4O2/c1-16(15-26-11-8-22(9-12-26)7-10-25(2)21(22)28)24-20(27)18-13-17-5-3-4-6-19(17)23-14-18/h3-6,13-14,16H,7-12,15H2,1-2H3,(H,24,27)/t16-/m0/s1. The van der Waals surface area contributed by atoms with Crippen molar-refractivity contribution in [3.8, 4) is 0 Å². The quantitative estimate of drug-likeness (QED) is 0.884. The van der Waals surface area contributed by atoms with Crippen LogP contribution in [0.25, 0.3) is 10.9 Å². The first-order valence-corrected chi connectivity index (χ1v) is 10.1. The summed E-state index contributed by atoms with van der Waals surface area (Å²) in [6.07, 6.45) is 4.46. The SMILES string of the molecule is C[C@@H](CN1CCC2(CC1)CCN(C)C2=O)NC(=O)c1cnc2ccccc2c1. The van der Waals surface area contributed by atoms with Gasteiger partial charge < -0.3 is 15.1 Å². The second-order valence-electron chi connectivity index (χ2n) is 8.35. The number of aromatic nitrogens is 1. The summed E-state index contributed by atoms with van der Waals surface area (Å²) in [7, 11) is 1.91. The van der Waals surface area contributed by atoms with Gasteiger partial charge in [0.1, 0.15) is 0 Å². The number of nitrogens with zero attached hydrogens (tertiary/aromatic N) is 3. The van der Waals surface area contributed by atoms with Crippen molar-refractivity contribution in [1.82, 2.24) is 20.1 Å². The minimum absolute atomic E-state index is 0.0370. The van der Waals surface area contributed by atoms with Crippen LogP contribution in [-0.2, 0) is 4.79 Å². The van der Waals surface area contributed by atoms with Crippen LogP contribution in [0, 0.1) is 5.41 Å². The minimum atomic E-state index is -0.130. The number of fused-ring (bicyclic) bond motifs is 1. The number of benzene rings is 1. The first-order chi connectivity index (χ1) is 13.5. The molecule has 0 radical (unpaired) electrons. The van der Waals surface area contributed by atoms with E-state index in [0.29, 0.717) is 11.5 Å². The largest absolute Gasteiger partial charge is 0.348 e. The number of hydrogen-bond donors (Lipinski definition) is 1. The van der Waals surface area contributed by atoms with E-state index >= 15 is 0 Å². The van der Waals surface area contributed by atoms with Crippen LogP contribution in [0.15, 0.2) is 36.5 Å². The minimum Gasteiger partial charge on any atom is -0.348 e. The summed E-state index contributed by atoms with van der Waals surface area (Å²) in [6.45, 7) is 5.54. The molecule has 4 rings (SSSR count). The molecule has 0 aliphatic carbocycles. The lowest BCUT2D eigenvalue weighted by molar-refractivity contribution is -0.137. The lowest BCUT2D eigenvalue weighted by Gasteiger charge is -2.38. The Morgan fingerprint density at radius 3 is 2.64 bits per heavy atom. The average molecular weight is 380 g/mol. The number of pyridine rings is 1. The van der Waals surface area contributed by atoms with Gasteiger partial charge in [0.2, 0.25) is 5.91 Å². The smallest absolute Gasteiger partial charge is 0.253 e. The summed E-state index contributed by atoms with van der Waals surface area (Å²) in [6, 6.07) is 9.72. The molecule has 1 aromatic heterocycles. The number of carbonyl (C=O) groups is 2. The van der Waals surface area contributed by atoms with Crippen molar-refractivity contribution in [2.24, 2.45) is 5.41 Å². The number of hydrogen-bond acceptors (Lipinski definition) is 4. The molecule has 1 atom stereocenters. The molecule has 3 heterocycles. The van der Waals surface area contributed by atoms with Gasteiger partial charge in [-0.15, -0.1) is 0 Å². The van der Waals surface area contributed by atoms with Gasteiger partial charge in [-0.3, -0.25) is 14.6 Å². The Morgan fingerprint density at radius 2 is 1.93 bits per heavy atom. The fourth-order valence-electron chi connectivity index (χ4n) is 4.56. The van der Waals surface area contributed by atoms with Gasteiger partial charge in [-0.25, -0.2) is 0 Å². The highest BCUT2D eigenvalue weighted by Crippen LogP contribution is 2.40. The Kier molecular flexibility index (Phi) is 5.06. The lowest BCUT2D eigenvalue weighted by Crippen LogP contribution is -2.48. The highest BCUT2D eigenvalue weighted by Gasteiger charge is 2.46. The van der Waals surface area contributed by atoms with Gasteiger partial charge in [0.25, 0.3) is 5.91 Å². The van der Waals surface area contributed by atoms with Gasteiger partial charge in [0, 0.05) is 37.8 Å². The van der Waals surface area contributed by atoms with Gasteiger partial charge in [0.05, 0.1) is 16.5 Å². The van der Waals surface area contributed by atoms with Crippen molar-refractivity contribution in [2.75, 3.05) is 33.2 Å². The van der Waals surface area contributed by atoms with E-state index < -0.39 is 0 Å². The monoisotopic (exact) mass is 380 g/mol. The van der Waals surface area contributed by atoms with Crippen LogP contribution < -0.4 is 5.32 Å². The maximum absolute atomic E-state index is 12.6. The molecule has 2 saturated heterocycles. The maximum Gasteiger partial charge on any atom is 0.253 e. The summed E-state index contributed by atoms with van der Waals surface area (Å²) in [4.78, 5) is 33.7. The Balaban J connectivity index is 1.31. The zero-order valence-electron chi connectivity index (χ0n) is 16.6. The van der Waals surface area contributed by atoms with Gasteiger partial charge >= 0.3 is 0 Å². The molecular weight excluding hydrogens is 352 g/mol. The van der Waals surface area contributed by atoms with Gasteiger partial charge in [-0.05, 0) is 51.4 Å². The Morgan fingerprint density at radius 1 is 1.21 bits per heavy atom. The fraction of sp³-hybridized carbons (Fsp3) is 0.500. The van der Waals surface area contributed by atoms with Crippen LogP contribution >= 0.6 is 0 Å².